The standard InChI is InChI=1S/C23H28N2O.ClH/c1-16-8-10-19(11-9-16)14-25-18(3)17(2)21-12-13-24-23(22(21)25)26-15-20-6-4-5-7-20;/h8-13,20H,4-7,14-15H2,1-3H3;1H. The molecule has 0 aliphatic heterocycles. The van der Waals surface area contributed by atoms with Gasteiger partial charge in [0, 0.05) is 23.8 Å². The Morgan fingerprint density at radius 1 is 1.04 bits per heavy atom. The lowest BCUT2D eigenvalue weighted by Gasteiger charge is -2.14. The van der Waals surface area contributed by atoms with Crippen LogP contribution in [0.1, 0.15) is 48.1 Å². The topological polar surface area (TPSA) is 27.1 Å². The van der Waals surface area contributed by atoms with Gasteiger partial charge >= 0.3 is 0 Å². The third-order valence-corrected chi connectivity index (χ3v) is 5.90. The fourth-order valence-corrected chi connectivity index (χ4v) is 4.12. The average molecular weight is 385 g/mol. The van der Waals surface area contributed by atoms with Gasteiger partial charge in [-0.05, 0) is 56.7 Å². The van der Waals surface area contributed by atoms with Crippen LogP contribution in [0.15, 0.2) is 36.5 Å². The van der Waals surface area contributed by atoms with Crippen molar-refractivity contribution in [2.75, 3.05) is 6.61 Å². The summed E-state index contributed by atoms with van der Waals surface area (Å²) < 4.78 is 8.60. The van der Waals surface area contributed by atoms with Crippen molar-refractivity contribution in [2.24, 2.45) is 5.92 Å². The van der Waals surface area contributed by atoms with Crippen LogP contribution < -0.4 is 4.74 Å². The number of benzene rings is 1. The molecule has 0 bridgehead atoms. The first-order valence-corrected chi connectivity index (χ1v) is 9.76. The molecule has 0 radical (unpaired) electrons. The van der Waals surface area contributed by atoms with Crippen molar-refractivity contribution in [3.05, 3.63) is 58.9 Å². The third kappa shape index (κ3) is 3.98. The van der Waals surface area contributed by atoms with Gasteiger partial charge in [-0.15, -0.1) is 12.4 Å². The van der Waals surface area contributed by atoms with Crippen LogP contribution >= 0.6 is 12.4 Å². The SMILES string of the molecule is Cc1ccc(Cn2c(C)c(C)c3ccnc(OCC4CCCC4)c32)cc1.Cl. The van der Waals surface area contributed by atoms with E-state index >= 15 is 0 Å². The molecule has 144 valence electrons. The molecular weight excluding hydrogens is 356 g/mol. The summed E-state index contributed by atoms with van der Waals surface area (Å²) in [5.41, 5.74) is 6.35. The molecule has 1 fully saturated rings. The summed E-state index contributed by atoms with van der Waals surface area (Å²) >= 11 is 0. The van der Waals surface area contributed by atoms with E-state index in [1.54, 1.807) is 0 Å². The maximum atomic E-state index is 6.24. The monoisotopic (exact) mass is 384 g/mol. The first-order valence-electron chi connectivity index (χ1n) is 9.76. The highest BCUT2D eigenvalue weighted by Crippen LogP contribution is 2.33. The fourth-order valence-electron chi connectivity index (χ4n) is 4.12. The Hall–Kier alpha value is -2.00. The average Bonchev–Trinajstić information content (AvgIpc) is 3.25. The molecule has 3 aromatic rings. The summed E-state index contributed by atoms with van der Waals surface area (Å²) in [5.74, 6) is 1.48. The Bertz CT molecular complexity index is 908. The molecule has 1 aromatic carbocycles. The number of aryl methyl sites for hydroxylation is 2. The molecule has 3 nitrogen and oxygen atoms in total. The molecule has 0 saturated heterocycles. The van der Waals surface area contributed by atoms with Gasteiger partial charge in [-0.1, -0.05) is 42.7 Å². The normalized spacial score (nSPS) is 14.5. The summed E-state index contributed by atoms with van der Waals surface area (Å²) in [7, 11) is 0. The van der Waals surface area contributed by atoms with Crippen molar-refractivity contribution in [3.8, 4) is 5.88 Å². The first kappa shape index (κ1) is 19.8. The lowest BCUT2D eigenvalue weighted by Crippen LogP contribution is -2.10. The van der Waals surface area contributed by atoms with Crippen molar-refractivity contribution in [2.45, 2.75) is 53.0 Å². The number of halogens is 1. The highest BCUT2D eigenvalue weighted by molar-refractivity contribution is 5.89. The van der Waals surface area contributed by atoms with Gasteiger partial charge in [-0.3, -0.25) is 0 Å². The second-order valence-electron chi connectivity index (χ2n) is 7.76. The fraction of sp³-hybridized carbons (Fsp3) is 0.435. The molecule has 0 atom stereocenters. The van der Waals surface area contributed by atoms with E-state index in [0.717, 1.165) is 24.5 Å². The van der Waals surface area contributed by atoms with Gasteiger partial charge in [-0.2, -0.15) is 0 Å². The molecule has 1 saturated carbocycles. The van der Waals surface area contributed by atoms with Crippen molar-refractivity contribution >= 4 is 23.3 Å². The van der Waals surface area contributed by atoms with Gasteiger partial charge in [0.25, 0.3) is 0 Å². The quantitative estimate of drug-likeness (QED) is 0.539. The zero-order valence-electron chi connectivity index (χ0n) is 16.5. The van der Waals surface area contributed by atoms with Crippen LogP contribution in [0, 0.1) is 26.7 Å². The van der Waals surface area contributed by atoms with E-state index < -0.39 is 0 Å². The molecule has 0 N–H and O–H groups in total. The zero-order valence-corrected chi connectivity index (χ0v) is 17.3. The van der Waals surface area contributed by atoms with Crippen LogP contribution in [0.5, 0.6) is 5.88 Å². The summed E-state index contributed by atoms with van der Waals surface area (Å²) in [6.45, 7) is 8.17. The Balaban J connectivity index is 0.00000210. The zero-order chi connectivity index (χ0) is 18.1. The van der Waals surface area contributed by atoms with Gasteiger partial charge in [-0.25, -0.2) is 4.98 Å². The molecule has 0 spiro atoms. The minimum atomic E-state index is 0. The van der Waals surface area contributed by atoms with Crippen LogP contribution in [-0.4, -0.2) is 16.2 Å². The van der Waals surface area contributed by atoms with E-state index in [2.05, 4.69) is 60.7 Å². The summed E-state index contributed by atoms with van der Waals surface area (Å²) in [5, 5.41) is 1.26. The highest BCUT2D eigenvalue weighted by atomic mass is 35.5. The lowest BCUT2D eigenvalue weighted by atomic mass is 10.1. The van der Waals surface area contributed by atoms with Crippen molar-refractivity contribution in [1.29, 1.82) is 0 Å². The Kier molecular flexibility index (Phi) is 6.11. The van der Waals surface area contributed by atoms with E-state index in [1.807, 2.05) is 6.20 Å². The molecule has 1 aliphatic rings. The smallest absolute Gasteiger partial charge is 0.238 e. The molecule has 2 aromatic heterocycles. The number of hydrogen-bond donors (Lipinski definition) is 0. The molecule has 4 rings (SSSR count). The molecule has 0 unspecified atom stereocenters. The molecular formula is C23H29ClN2O. The minimum Gasteiger partial charge on any atom is -0.476 e. The Labute approximate surface area is 168 Å². The molecule has 0 amide bonds. The summed E-state index contributed by atoms with van der Waals surface area (Å²) in [4.78, 5) is 4.60. The van der Waals surface area contributed by atoms with Crippen LogP contribution in [0.4, 0.5) is 0 Å². The van der Waals surface area contributed by atoms with Gasteiger partial charge in [0.15, 0.2) is 0 Å². The van der Waals surface area contributed by atoms with Gasteiger partial charge < -0.3 is 9.30 Å². The second kappa shape index (κ2) is 8.35. The van der Waals surface area contributed by atoms with Crippen molar-refractivity contribution in [1.82, 2.24) is 9.55 Å². The van der Waals surface area contributed by atoms with E-state index in [9.17, 15) is 0 Å². The van der Waals surface area contributed by atoms with E-state index in [-0.39, 0.29) is 12.4 Å². The predicted octanol–water partition coefficient (Wildman–Crippen LogP) is 6.00. The summed E-state index contributed by atoms with van der Waals surface area (Å²) in [6, 6.07) is 10.9. The van der Waals surface area contributed by atoms with E-state index in [4.69, 9.17) is 4.74 Å². The van der Waals surface area contributed by atoms with Crippen LogP contribution in [0.2, 0.25) is 0 Å². The maximum absolute atomic E-state index is 6.24. The molecule has 2 heterocycles. The highest BCUT2D eigenvalue weighted by Gasteiger charge is 2.19. The largest absolute Gasteiger partial charge is 0.476 e. The van der Waals surface area contributed by atoms with Gasteiger partial charge in [0.1, 0.15) is 5.52 Å². The van der Waals surface area contributed by atoms with Crippen molar-refractivity contribution < 1.29 is 4.74 Å². The molecule has 27 heavy (non-hydrogen) atoms. The van der Waals surface area contributed by atoms with Gasteiger partial charge in [0.2, 0.25) is 5.88 Å². The molecule has 4 heteroatoms. The summed E-state index contributed by atoms with van der Waals surface area (Å²) in [6.07, 6.45) is 7.15. The Morgan fingerprint density at radius 2 is 1.74 bits per heavy atom. The number of rotatable bonds is 5. The Morgan fingerprint density at radius 3 is 2.44 bits per heavy atom. The second-order valence-corrected chi connectivity index (χ2v) is 7.76. The molecule has 1 aliphatic carbocycles. The lowest BCUT2D eigenvalue weighted by molar-refractivity contribution is 0.245. The van der Waals surface area contributed by atoms with Gasteiger partial charge in [0.05, 0.1) is 6.61 Å². The number of fused-ring (bicyclic) bond motifs is 1. The maximum Gasteiger partial charge on any atom is 0.238 e. The van der Waals surface area contributed by atoms with E-state index in [1.165, 1.54) is 53.5 Å². The van der Waals surface area contributed by atoms with E-state index in [0.29, 0.717) is 5.92 Å². The number of nitrogens with zero attached hydrogens (tertiary/aromatic N) is 2. The number of aromatic nitrogens is 2. The third-order valence-electron chi connectivity index (χ3n) is 5.90. The predicted molar refractivity (Wildman–Crippen MR) is 114 cm³/mol. The first-order chi connectivity index (χ1) is 12.6. The van der Waals surface area contributed by atoms with Crippen molar-refractivity contribution in [3.63, 3.8) is 0 Å². The number of pyridine rings is 1. The van der Waals surface area contributed by atoms with Crippen LogP contribution in [0.3, 0.4) is 0 Å². The number of ether oxygens (including phenoxy) is 1. The van der Waals surface area contributed by atoms with Crippen LogP contribution in [0.25, 0.3) is 10.9 Å². The minimum absolute atomic E-state index is 0. The number of hydrogen-bond acceptors (Lipinski definition) is 2. The van der Waals surface area contributed by atoms with Crippen LogP contribution in [-0.2, 0) is 6.54 Å².